The molecule has 0 aromatic carbocycles. The number of hydrogen-bond acceptors (Lipinski definition) is 4. The van der Waals surface area contributed by atoms with Gasteiger partial charge in [0.25, 0.3) is 0 Å². The molecule has 0 amide bonds. The Bertz CT molecular complexity index is 425. The summed E-state index contributed by atoms with van der Waals surface area (Å²) in [6.07, 6.45) is 22.7. The Kier molecular flexibility index (Phi) is 22.7. The molecule has 0 aliphatic carbocycles. The van der Waals surface area contributed by atoms with Crippen LogP contribution in [0.1, 0.15) is 150 Å². The number of hydrogen-bond donors (Lipinski definition) is 1. The van der Waals surface area contributed by atoms with Gasteiger partial charge in [-0.2, -0.15) is 0 Å². The fourth-order valence-electron chi connectivity index (χ4n) is 4.47. The highest BCUT2D eigenvalue weighted by molar-refractivity contribution is 5.69. The van der Waals surface area contributed by atoms with Crippen molar-refractivity contribution in [2.75, 3.05) is 26.2 Å². The van der Waals surface area contributed by atoms with Gasteiger partial charge in [0.1, 0.15) is 5.60 Å². The first-order valence-electron chi connectivity index (χ1n) is 14.5. The van der Waals surface area contributed by atoms with Crippen LogP contribution < -0.4 is 0 Å². The third kappa shape index (κ3) is 22.9. The molecule has 0 aliphatic heterocycles. The summed E-state index contributed by atoms with van der Waals surface area (Å²) in [6, 6.07) is 0. The quantitative estimate of drug-likeness (QED) is 0.108. The number of esters is 1. The molecule has 0 unspecified atom stereocenters. The number of nitrogens with zero attached hydrogens (tertiary/aromatic N) is 1. The zero-order chi connectivity index (χ0) is 24.6. The zero-order valence-corrected chi connectivity index (χ0v) is 23.0. The average molecular weight is 470 g/mol. The first kappa shape index (κ1) is 32.4. The summed E-state index contributed by atoms with van der Waals surface area (Å²) in [6.45, 7) is 11.9. The molecule has 198 valence electrons. The largest absolute Gasteiger partial charge is 0.460 e. The predicted molar refractivity (Wildman–Crippen MR) is 143 cm³/mol. The summed E-state index contributed by atoms with van der Waals surface area (Å²) in [7, 11) is 0. The van der Waals surface area contributed by atoms with E-state index in [9.17, 15) is 9.90 Å². The lowest BCUT2D eigenvalue weighted by Gasteiger charge is -2.25. The van der Waals surface area contributed by atoms with Crippen LogP contribution in [0.2, 0.25) is 0 Å². The van der Waals surface area contributed by atoms with Crippen LogP contribution in [0.4, 0.5) is 0 Å². The first-order valence-corrected chi connectivity index (χ1v) is 14.5. The molecule has 0 radical (unpaired) electrons. The van der Waals surface area contributed by atoms with Gasteiger partial charge in [0.2, 0.25) is 0 Å². The van der Waals surface area contributed by atoms with Crippen molar-refractivity contribution in [3.63, 3.8) is 0 Å². The molecule has 1 N–H and O–H groups in total. The van der Waals surface area contributed by atoms with E-state index >= 15 is 0 Å². The second kappa shape index (κ2) is 23.1. The number of carbonyl (C=O) groups excluding carboxylic acids is 1. The van der Waals surface area contributed by atoms with E-state index in [1.807, 2.05) is 0 Å². The minimum atomic E-state index is -0.325. The maximum atomic E-state index is 12.2. The molecule has 0 atom stereocenters. The van der Waals surface area contributed by atoms with Crippen molar-refractivity contribution < 1.29 is 14.6 Å². The minimum absolute atomic E-state index is 0.0287. The van der Waals surface area contributed by atoms with Crippen molar-refractivity contribution in [1.82, 2.24) is 4.90 Å². The van der Waals surface area contributed by atoms with Gasteiger partial charge in [-0.25, -0.2) is 0 Å². The molecule has 0 fully saturated rings. The molecule has 0 saturated heterocycles. The molecule has 0 aromatic heterocycles. The Balaban J connectivity index is 3.72. The normalized spacial score (nSPS) is 11.9. The third-order valence-electron chi connectivity index (χ3n) is 6.62. The number of ether oxygens (including phenoxy) is 1. The second-order valence-corrected chi connectivity index (χ2v) is 10.6. The Morgan fingerprint density at radius 1 is 0.667 bits per heavy atom. The van der Waals surface area contributed by atoms with Crippen LogP contribution >= 0.6 is 0 Å². The molecule has 0 aliphatic rings. The number of aliphatic hydroxyl groups is 1. The van der Waals surface area contributed by atoms with Gasteiger partial charge < -0.3 is 14.7 Å². The molecule has 0 heterocycles. The van der Waals surface area contributed by atoms with Crippen molar-refractivity contribution in [1.29, 1.82) is 0 Å². The molecule has 4 nitrogen and oxygen atoms in total. The SMILES string of the molecule is CCCCCCCCN(CCO)CCCCCCCC(=O)OC(C)(C)CCCCCCCC. The van der Waals surface area contributed by atoms with Crippen LogP contribution in [0, 0.1) is 0 Å². The van der Waals surface area contributed by atoms with Crippen molar-refractivity contribution >= 4 is 5.97 Å². The Morgan fingerprint density at radius 2 is 1.12 bits per heavy atom. The van der Waals surface area contributed by atoms with Crippen LogP contribution in [0.25, 0.3) is 0 Å². The van der Waals surface area contributed by atoms with Crippen molar-refractivity contribution in [3.8, 4) is 0 Å². The lowest BCUT2D eigenvalue weighted by atomic mass is 9.99. The van der Waals surface area contributed by atoms with Gasteiger partial charge >= 0.3 is 5.97 Å². The van der Waals surface area contributed by atoms with Crippen LogP contribution in [0.3, 0.4) is 0 Å². The van der Waals surface area contributed by atoms with Crippen molar-refractivity contribution in [2.45, 2.75) is 155 Å². The minimum Gasteiger partial charge on any atom is -0.460 e. The van der Waals surface area contributed by atoms with Crippen LogP contribution in [0.5, 0.6) is 0 Å². The van der Waals surface area contributed by atoms with Gasteiger partial charge in [-0.1, -0.05) is 97.3 Å². The molecule has 0 bridgehead atoms. The molecule has 0 saturated carbocycles. The molecular weight excluding hydrogens is 410 g/mol. The van der Waals surface area contributed by atoms with E-state index in [1.54, 1.807) is 0 Å². The molecule has 0 aromatic rings. The lowest BCUT2D eigenvalue weighted by Crippen LogP contribution is -2.29. The summed E-state index contributed by atoms with van der Waals surface area (Å²) in [4.78, 5) is 14.6. The smallest absolute Gasteiger partial charge is 0.306 e. The van der Waals surface area contributed by atoms with E-state index < -0.39 is 0 Å². The number of unbranched alkanes of at least 4 members (excludes halogenated alkanes) is 14. The summed E-state index contributed by atoms with van der Waals surface area (Å²) in [5.41, 5.74) is -0.325. The number of rotatable bonds is 25. The highest BCUT2D eigenvalue weighted by Crippen LogP contribution is 2.21. The predicted octanol–water partition coefficient (Wildman–Crippen LogP) is 8.05. The van der Waals surface area contributed by atoms with Gasteiger partial charge in [-0.05, 0) is 59.0 Å². The van der Waals surface area contributed by atoms with Crippen LogP contribution in [-0.4, -0.2) is 47.8 Å². The van der Waals surface area contributed by atoms with E-state index in [0.29, 0.717) is 6.42 Å². The lowest BCUT2D eigenvalue weighted by molar-refractivity contribution is -0.157. The van der Waals surface area contributed by atoms with Gasteiger partial charge in [-0.3, -0.25) is 4.79 Å². The average Bonchev–Trinajstić information content (AvgIpc) is 2.77. The van der Waals surface area contributed by atoms with Crippen molar-refractivity contribution in [3.05, 3.63) is 0 Å². The second-order valence-electron chi connectivity index (χ2n) is 10.6. The summed E-state index contributed by atoms with van der Waals surface area (Å²) < 4.78 is 5.75. The van der Waals surface area contributed by atoms with E-state index in [-0.39, 0.29) is 18.2 Å². The van der Waals surface area contributed by atoms with E-state index in [1.165, 1.54) is 89.9 Å². The van der Waals surface area contributed by atoms with Gasteiger partial charge in [-0.15, -0.1) is 0 Å². The maximum absolute atomic E-state index is 12.2. The number of aliphatic hydroxyl groups excluding tert-OH is 1. The molecular formula is C29H59NO3. The molecule has 33 heavy (non-hydrogen) atoms. The molecule has 0 spiro atoms. The number of carbonyl (C=O) groups is 1. The Hall–Kier alpha value is -0.610. The third-order valence-corrected chi connectivity index (χ3v) is 6.62. The fourth-order valence-corrected chi connectivity index (χ4v) is 4.47. The maximum Gasteiger partial charge on any atom is 0.306 e. The standard InChI is InChI=1S/C29H59NO3/c1-5-7-9-11-15-19-23-29(3,4)33-28(32)22-18-14-13-17-21-25-30(26-27-31)24-20-16-12-10-8-6-2/h31H,5-27H2,1-4H3. The molecule has 0 rings (SSSR count). The van der Waals surface area contributed by atoms with Crippen LogP contribution in [-0.2, 0) is 9.53 Å². The Morgan fingerprint density at radius 3 is 1.64 bits per heavy atom. The molecule has 4 heteroatoms. The van der Waals surface area contributed by atoms with Crippen LogP contribution in [0.15, 0.2) is 0 Å². The van der Waals surface area contributed by atoms with Gasteiger partial charge in [0.15, 0.2) is 0 Å². The summed E-state index contributed by atoms with van der Waals surface area (Å²) in [5.74, 6) is -0.0287. The highest BCUT2D eigenvalue weighted by atomic mass is 16.6. The highest BCUT2D eigenvalue weighted by Gasteiger charge is 2.21. The zero-order valence-electron chi connectivity index (χ0n) is 23.0. The fraction of sp³-hybridized carbons (Fsp3) is 0.966. The van der Waals surface area contributed by atoms with E-state index in [0.717, 1.165) is 45.3 Å². The van der Waals surface area contributed by atoms with Gasteiger partial charge in [0.05, 0.1) is 6.61 Å². The topological polar surface area (TPSA) is 49.8 Å². The van der Waals surface area contributed by atoms with E-state index in [4.69, 9.17) is 4.74 Å². The van der Waals surface area contributed by atoms with Gasteiger partial charge in [0, 0.05) is 13.0 Å². The summed E-state index contributed by atoms with van der Waals surface area (Å²) in [5, 5.41) is 9.32. The van der Waals surface area contributed by atoms with E-state index in [2.05, 4.69) is 32.6 Å². The monoisotopic (exact) mass is 469 g/mol. The Labute approximate surface area is 207 Å². The first-order chi connectivity index (χ1) is 15.9. The summed E-state index contributed by atoms with van der Waals surface area (Å²) >= 11 is 0. The van der Waals surface area contributed by atoms with Crippen molar-refractivity contribution in [2.24, 2.45) is 0 Å².